The van der Waals surface area contributed by atoms with Crippen LogP contribution in [0.15, 0.2) is 73.0 Å². The van der Waals surface area contributed by atoms with Crippen molar-refractivity contribution >= 4 is 5.97 Å². The van der Waals surface area contributed by atoms with Crippen molar-refractivity contribution in [1.82, 2.24) is 0 Å². The zero-order valence-electron chi connectivity index (χ0n) is 27.9. The zero-order valence-corrected chi connectivity index (χ0v) is 27.9. The highest BCUT2D eigenvalue weighted by Crippen LogP contribution is 2.40. The second-order valence-electron chi connectivity index (χ2n) is 12.9. The number of hydrogen-bond acceptors (Lipinski definition) is 4. The Hall–Kier alpha value is -3.11. The van der Waals surface area contributed by atoms with Gasteiger partial charge < -0.3 is 14.6 Å². The summed E-state index contributed by atoms with van der Waals surface area (Å²) in [6.45, 7) is 20.4. The Morgan fingerprint density at radius 2 is 1.73 bits per heavy atom. The Morgan fingerprint density at radius 1 is 0.977 bits per heavy atom. The standard InChI is InChI=1S/C40H56O4/c1-8-10-11-12-35-17-18-38(23-29(35)5)39-20-19-37(25-34(39)9-2)36-15-13-32(14-16-36)24-33(27-44-40(42)28(3)4)21-22-43-31(7)30(6)26-41/h17-20,23,25,32-33,36,41H,3,6-16,21-22,24,26-27H2,1-2,4-5H3. The van der Waals surface area contributed by atoms with Crippen LogP contribution in [-0.2, 0) is 27.1 Å². The predicted octanol–water partition coefficient (Wildman–Crippen LogP) is 9.83. The molecule has 2 aromatic carbocycles. The van der Waals surface area contributed by atoms with E-state index in [1.807, 2.05) is 0 Å². The van der Waals surface area contributed by atoms with Crippen LogP contribution < -0.4 is 0 Å². The van der Waals surface area contributed by atoms with Gasteiger partial charge in [0.15, 0.2) is 0 Å². The van der Waals surface area contributed by atoms with E-state index >= 15 is 0 Å². The lowest BCUT2D eigenvalue weighted by atomic mass is 9.75. The van der Waals surface area contributed by atoms with E-state index in [0.717, 1.165) is 19.3 Å². The molecule has 44 heavy (non-hydrogen) atoms. The van der Waals surface area contributed by atoms with Crippen molar-refractivity contribution in [3.05, 3.63) is 95.3 Å². The third kappa shape index (κ3) is 10.5. The molecule has 0 aliphatic heterocycles. The van der Waals surface area contributed by atoms with Crippen molar-refractivity contribution in [2.75, 3.05) is 19.8 Å². The average Bonchev–Trinajstić information content (AvgIpc) is 3.03. The number of carbonyl (C=O) groups is 1. The highest BCUT2D eigenvalue weighted by atomic mass is 16.5. The van der Waals surface area contributed by atoms with Gasteiger partial charge in [0.25, 0.3) is 0 Å². The summed E-state index contributed by atoms with van der Waals surface area (Å²) in [5, 5.41) is 9.27. The third-order valence-corrected chi connectivity index (χ3v) is 9.38. The maximum atomic E-state index is 12.1. The number of aliphatic hydroxyl groups excluding tert-OH is 1. The van der Waals surface area contributed by atoms with Gasteiger partial charge in [-0.1, -0.05) is 82.8 Å². The van der Waals surface area contributed by atoms with Crippen LogP contribution in [0, 0.1) is 18.8 Å². The molecule has 2 aromatic rings. The second-order valence-corrected chi connectivity index (χ2v) is 12.9. The summed E-state index contributed by atoms with van der Waals surface area (Å²) in [7, 11) is 0. The molecule has 240 valence electrons. The molecule has 1 aliphatic rings. The van der Waals surface area contributed by atoms with Crippen molar-refractivity contribution < 1.29 is 19.4 Å². The number of aliphatic hydroxyl groups is 1. The summed E-state index contributed by atoms with van der Waals surface area (Å²) in [5.74, 6) is 1.45. The van der Waals surface area contributed by atoms with Gasteiger partial charge in [0.1, 0.15) is 5.76 Å². The van der Waals surface area contributed by atoms with Gasteiger partial charge in [-0.2, -0.15) is 0 Å². The molecular weight excluding hydrogens is 544 g/mol. The van der Waals surface area contributed by atoms with Crippen LogP contribution in [0.5, 0.6) is 0 Å². The van der Waals surface area contributed by atoms with Crippen LogP contribution >= 0.6 is 0 Å². The van der Waals surface area contributed by atoms with E-state index in [4.69, 9.17) is 9.47 Å². The quantitative estimate of drug-likeness (QED) is 0.0608. The predicted molar refractivity (Wildman–Crippen MR) is 184 cm³/mol. The van der Waals surface area contributed by atoms with E-state index in [0.29, 0.717) is 42.0 Å². The smallest absolute Gasteiger partial charge is 0.333 e. The van der Waals surface area contributed by atoms with Crippen molar-refractivity contribution in [2.45, 2.75) is 104 Å². The molecule has 0 radical (unpaired) electrons. The van der Waals surface area contributed by atoms with Crippen LogP contribution in [0.4, 0.5) is 0 Å². The fourth-order valence-electron chi connectivity index (χ4n) is 6.48. The summed E-state index contributed by atoms with van der Waals surface area (Å²) in [6, 6.07) is 14.2. The second kappa shape index (κ2) is 18.0. The van der Waals surface area contributed by atoms with E-state index in [2.05, 4.69) is 76.9 Å². The van der Waals surface area contributed by atoms with Crippen molar-refractivity contribution in [3.8, 4) is 11.1 Å². The van der Waals surface area contributed by atoms with Gasteiger partial charge >= 0.3 is 5.97 Å². The first-order chi connectivity index (χ1) is 21.2. The lowest BCUT2D eigenvalue weighted by molar-refractivity contribution is -0.140. The normalized spacial score (nSPS) is 17.1. The van der Waals surface area contributed by atoms with Crippen LogP contribution in [-0.4, -0.2) is 30.9 Å². The summed E-state index contributed by atoms with van der Waals surface area (Å²) in [6.07, 6.45) is 12.5. The molecule has 1 N–H and O–H groups in total. The molecule has 0 aromatic heterocycles. The first-order valence-corrected chi connectivity index (χ1v) is 16.8. The number of ether oxygens (including phenoxy) is 2. The Kier molecular flexibility index (Phi) is 14.5. The molecule has 1 atom stereocenters. The first-order valence-electron chi connectivity index (χ1n) is 16.8. The molecule has 1 saturated carbocycles. The first kappa shape index (κ1) is 35.4. The van der Waals surface area contributed by atoms with Crippen LogP contribution in [0.1, 0.15) is 107 Å². The number of hydrogen-bond donors (Lipinski definition) is 1. The van der Waals surface area contributed by atoms with E-state index in [1.54, 1.807) is 6.92 Å². The molecule has 3 rings (SSSR count). The highest BCUT2D eigenvalue weighted by Gasteiger charge is 2.26. The number of carbonyl (C=O) groups excluding carboxylic acids is 1. The van der Waals surface area contributed by atoms with Gasteiger partial charge in [0.05, 0.1) is 19.8 Å². The Labute approximate surface area is 267 Å². The number of rotatable bonds is 18. The minimum absolute atomic E-state index is 0.170. The highest BCUT2D eigenvalue weighted by molar-refractivity contribution is 5.86. The van der Waals surface area contributed by atoms with Crippen molar-refractivity contribution in [3.63, 3.8) is 0 Å². The molecule has 0 bridgehead atoms. The molecule has 4 nitrogen and oxygen atoms in total. The molecule has 0 spiro atoms. The fourth-order valence-corrected chi connectivity index (χ4v) is 6.48. The van der Waals surface area contributed by atoms with Gasteiger partial charge in [-0.25, -0.2) is 4.79 Å². The summed E-state index contributed by atoms with van der Waals surface area (Å²) < 4.78 is 11.3. The van der Waals surface area contributed by atoms with Gasteiger partial charge in [-0.05, 0) is 123 Å². The molecular formula is C40H56O4. The largest absolute Gasteiger partial charge is 0.494 e. The minimum atomic E-state index is -0.342. The van der Waals surface area contributed by atoms with Crippen LogP contribution in [0.25, 0.3) is 11.1 Å². The lowest BCUT2D eigenvalue weighted by Crippen LogP contribution is -2.22. The summed E-state index contributed by atoms with van der Waals surface area (Å²) >= 11 is 0. The summed E-state index contributed by atoms with van der Waals surface area (Å²) in [4.78, 5) is 12.1. The number of benzene rings is 2. The Bertz CT molecular complexity index is 1260. The monoisotopic (exact) mass is 600 g/mol. The number of unbranched alkanes of at least 4 members (excludes halogenated alkanes) is 2. The summed E-state index contributed by atoms with van der Waals surface area (Å²) in [5.41, 5.74) is 9.40. The maximum Gasteiger partial charge on any atom is 0.333 e. The molecule has 1 aliphatic carbocycles. The van der Waals surface area contributed by atoms with Gasteiger partial charge in [0.2, 0.25) is 0 Å². The molecule has 1 fully saturated rings. The molecule has 1 unspecified atom stereocenters. The maximum absolute atomic E-state index is 12.1. The molecule has 0 heterocycles. The van der Waals surface area contributed by atoms with Gasteiger partial charge in [0, 0.05) is 11.1 Å². The van der Waals surface area contributed by atoms with Crippen molar-refractivity contribution in [1.29, 1.82) is 0 Å². The van der Waals surface area contributed by atoms with Gasteiger partial charge in [-0.3, -0.25) is 0 Å². The molecule has 0 saturated heterocycles. The van der Waals surface area contributed by atoms with E-state index in [-0.39, 0.29) is 18.5 Å². The SMILES string of the molecule is C=C(C)C(=O)OCC(CCOC(=C)C(=C)CO)CC1CCC(c2ccc(-c3ccc(CCCCC)c(C)c3)c(CC)c2)CC1. The minimum Gasteiger partial charge on any atom is -0.494 e. The fraction of sp³-hybridized carbons (Fsp3) is 0.525. The van der Waals surface area contributed by atoms with Crippen LogP contribution in [0.2, 0.25) is 0 Å². The topological polar surface area (TPSA) is 55.8 Å². The third-order valence-electron chi connectivity index (χ3n) is 9.38. The molecule has 4 heteroatoms. The lowest BCUT2D eigenvalue weighted by Gasteiger charge is -2.31. The van der Waals surface area contributed by atoms with Crippen molar-refractivity contribution in [2.24, 2.45) is 11.8 Å². The van der Waals surface area contributed by atoms with Crippen LogP contribution in [0.3, 0.4) is 0 Å². The molecule has 0 amide bonds. The number of esters is 1. The Morgan fingerprint density at radius 3 is 2.36 bits per heavy atom. The van der Waals surface area contributed by atoms with E-state index in [9.17, 15) is 9.90 Å². The zero-order chi connectivity index (χ0) is 32.1. The average molecular weight is 601 g/mol. The Balaban J connectivity index is 1.60. The van der Waals surface area contributed by atoms with E-state index < -0.39 is 0 Å². The van der Waals surface area contributed by atoms with Gasteiger partial charge in [-0.15, -0.1) is 0 Å². The number of aryl methyl sites for hydroxylation is 3. The van der Waals surface area contributed by atoms with E-state index in [1.165, 1.54) is 84.7 Å².